The highest BCUT2D eigenvalue weighted by molar-refractivity contribution is 6.42. The van der Waals surface area contributed by atoms with E-state index in [9.17, 15) is 4.79 Å². The molecule has 2 aliphatic heterocycles. The molecule has 3 nitrogen and oxygen atoms in total. The second kappa shape index (κ2) is 9.40. The van der Waals surface area contributed by atoms with Gasteiger partial charge in [-0.15, -0.1) is 12.4 Å². The maximum absolute atomic E-state index is 12.7. The predicted molar refractivity (Wildman–Crippen MR) is 102 cm³/mol. The highest BCUT2D eigenvalue weighted by atomic mass is 35.5. The number of carbonyl (C=O) groups excluding carboxylic acids is 1. The number of nitrogens with zero attached hydrogens (tertiary/aromatic N) is 2. The third kappa shape index (κ3) is 5.09. The molecule has 134 valence electrons. The summed E-state index contributed by atoms with van der Waals surface area (Å²) in [5.41, 5.74) is 0.953. The van der Waals surface area contributed by atoms with Gasteiger partial charge in [0, 0.05) is 13.0 Å². The Morgan fingerprint density at radius 1 is 1.04 bits per heavy atom. The maximum Gasteiger partial charge on any atom is 0.154 e. The SMILES string of the molecule is Cl.O=C(Cc1ccc(Cl)c(Cl)c1)C1CCCN1CN1CCCCC1. The Morgan fingerprint density at radius 2 is 1.79 bits per heavy atom. The molecule has 2 aliphatic rings. The van der Waals surface area contributed by atoms with Crippen LogP contribution < -0.4 is 0 Å². The summed E-state index contributed by atoms with van der Waals surface area (Å²) in [6.45, 7) is 4.32. The van der Waals surface area contributed by atoms with E-state index in [2.05, 4.69) is 9.80 Å². The highest BCUT2D eigenvalue weighted by Gasteiger charge is 2.31. The zero-order chi connectivity index (χ0) is 16.2. The van der Waals surface area contributed by atoms with Gasteiger partial charge in [0.05, 0.1) is 22.8 Å². The van der Waals surface area contributed by atoms with Crippen molar-refractivity contribution < 1.29 is 4.79 Å². The number of piperidine rings is 1. The topological polar surface area (TPSA) is 23.6 Å². The molecular weight excluding hydrogens is 367 g/mol. The van der Waals surface area contributed by atoms with Crippen LogP contribution in [0.25, 0.3) is 0 Å². The molecule has 2 saturated heterocycles. The third-order valence-electron chi connectivity index (χ3n) is 4.93. The first-order valence-corrected chi connectivity index (χ1v) is 9.32. The van der Waals surface area contributed by atoms with Crippen molar-refractivity contribution in [3.8, 4) is 0 Å². The van der Waals surface area contributed by atoms with Gasteiger partial charge >= 0.3 is 0 Å². The second-order valence-electron chi connectivity index (χ2n) is 6.68. The van der Waals surface area contributed by atoms with Crippen LogP contribution in [0.1, 0.15) is 37.7 Å². The van der Waals surface area contributed by atoms with Crippen LogP contribution in [0, 0.1) is 0 Å². The van der Waals surface area contributed by atoms with Gasteiger partial charge in [-0.3, -0.25) is 14.6 Å². The van der Waals surface area contributed by atoms with Gasteiger partial charge in [0.15, 0.2) is 5.78 Å². The van der Waals surface area contributed by atoms with E-state index in [0.717, 1.165) is 31.6 Å². The minimum absolute atomic E-state index is 0. The summed E-state index contributed by atoms with van der Waals surface area (Å²) < 4.78 is 0. The molecular formula is C18H25Cl3N2O. The minimum atomic E-state index is 0. The quantitative estimate of drug-likeness (QED) is 0.741. The van der Waals surface area contributed by atoms with Gasteiger partial charge in [-0.1, -0.05) is 35.7 Å². The molecule has 6 heteroatoms. The monoisotopic (exact) mass is 390 g/mol. The maximum atomic E-state index is 12.7. The predicted octanol–water partition coefficient (Wildman–Crippen LogP) is 4.43. The molecule has 0 radical (unpaired) electrons. The Balaban J connectivity index is 0.00000208. The van der Waals surface area contributed by atoms with E-state index in [4.69, 9.17) is 23.2 Å². The average molecular weight is 392 g/mol. The Hall–Kier alpha value is -0.320. The molecule has 0 spiro atoms. The Bertz CT molecular complexity index is 561. The van der Waals surface area contributed by atoms with Crippen molar-refractivity contribution in [2.45, 2.75) is 44.6 Å². The Kier molecular flexibility index (Phi) is 7.83. The Labute approximate surface area is 160 Å². The number of Topliss-reactive ketones (excluding diaryl/α,β-unsaturated/α-hetero) is 1. The van der Waals surface area contributed by atoms with Gasteiger partial charge in [-0.25, -0.2) is 0 Å². The van der Waals surface area contributed by atoms with E-state index < -0.39 is 0 Å². The number of hydrogen-bond donors (Lipinski definition) is 0. The zero-order valence-electron chi connectivity index (χ0n) is 13.8. The molecule has 0 amide bonds. The normalized spacial score (nSPS) is 22.3. The summed E-state index contributed by atoms with van der Waals surface area (Å²) in [4.78, 5) is 17.6. The van der Waals surface area contributed by atoms with Crippen LogP contribution in [-0.4, -0.2) is 47.9 Å². The summed E-state index contributed by atoms with van der Waals surface area (Å²) in [6, 6.07) is 5.54. The van der Waals surface area contributed by atoms with Gasteiger partial charge in [-0.05, 0) is 56.5 Å². The molecule has 3 rings (SSSR count). The van der Waals surface area contributed by atoms with Crippen LogP contribution in [0.2, 0.25) is 10.0 Å². The van der Waals surface area contributed by atoms with Crippen LogP contribution in [0.4, 0.5) is 0 Å². The van der Waals surface area contributed by atoms with E-state index >= 15 is 0 Å². The highest BCUT2D eigenvalue weighted by Crippen LogP contribution is 2.25. The molecule has 1 aromatic rings. The fourth-order valence-corrected chi connectivity index (χ4v) is 4.01. The lowest BCUT2D eigenvalue weighted by atomic mass is 10.0. The molecule has 0 aromatic heterocycles. The van der Waals surface area contributed by atoms with Crippen molar-refractivity contribution in [1.82, 2.24) is 9.80 Å². The standard InChI is InChI=1S/C18H24Cl2N2O.ClH/c19-15-7-6-14(11-16(15)20)12-18(23)17-5-4-10-22(17)13-21-8-2-1-3-9-21;/h6-7,11,17H,1-5,8-10,12-13H2;1H. The van der Waals surface area contributed by atoms with E-state index in [1.54, 1.807) is 6.07 Å². The second-order valence-corrected chi connectivity index (χ2v) is 7.50. The van der Waals surface area contributed by atoms with Crippen LogP contribution in [0.3, 0.4) is 0 Å². The molecule has 0 bridgehead atoms. The number of likely N-dealkylation sites (tertiary alicyclic amines) is 2. The fraction of sp³-hybridized carbons (Fsp3) is 0.611. The first-order valence-electron chi connectivity index (χ1n) is 8.56. The van der Waals surface area contributed by atoms with Crippen molar-refractivity contribution in [3.63, 3.8) is 0 Å². The molecule has 0 N–H and O–H groups in total. The van der Waals surface area contributed by atoms with Gasteiger partial charge in [0.1, 0.15) is 0 Å². The fourth-order valence-electron chi connectivity index (χ4n) is 3.69. The summed E-state index contributed by atoms with van der Waals surface area (Å²) in [5.74, 6) is 0.304. The lowest BCUT2D eigenvalue weighted by Crippen LogP contribution is -2.45. The molecule has 1 unspecified atom stereocenters. The van der Waals surface area contributed by atoms with Crippen LogP contribution in [0.5, 0.6) is 0 Å². The molecule has 0 saturated carbocycles. The summed E-state index contributed by atoms with van der Waals surface area (Å²) in [6.07, 6.45) is 6.46. The van der Waals surface area contributed by atoms with E-state index in [1.807, 2.05) is 12.1 Å². The van der Waals surface area contributed by atoms with Crippen LogP contribution >= 0.6 is 35.6 Å². The smallest absolute Gasteiger partial charge is 0.154 e. The number of benzene rings is 1. The van der Waals surface area contributed by atoms with E-state index in [1.165, 1.54) is 32.4 Å². The lowest BCUT2D eigenvalue weighted by molar-refractivity contribution is -0.123. The van der Waals surface area contributed by atoms with Crippen LogP contribution in [-0.2, 0) is 11.2 Å². The van der Waals surface area contributed by atoms with Gasteiger partial charge < -0.3 is 0 Å². The lowest BCUT2D eigenvalue weighted by Gasteiger charge is -2.33. The molecule has 2 heterocycles. The number of rotatable bonds is 5. The number of hydrogen-bond acceptors (Lipinski definition) is 3. The van der Waals surface area contributed by atoms with E-state index in [-0.39, 0.29) is 18.4 Å². The van der Waals surface area contributed by atoms with Crippen molar-refractivity contribution in [1.29, 1.82) is 0 Å². The third-order valence-corrected chi connectivity index (χ3v) is 5.67. The molecule has 24 heavy (non-hydrogen) atoms. The van der Waals surface area contributed by atoms with Crippen molar-refractivity contribution in [2.24, 2.45) is 0 Å². The van der Waals surface area contributed by atoms with Gasteiger partial charge in [0.25, 0.3) is 0 Å². The van der Waals surface area contributed by atoms with E-state index in [0.29, 0.717) is 22.2 Å². The average Bonchev–Trinajstić information content (AvgIpc) is 3.00. The largest absolute Gasteiger partial charge is 0.298 e. The molecule has 2 fully saturated rings. The summed E-state index contributed by atoms with van der Waals surface area (Å²) in [7, 11) is 0. The molecule has 1 atom stereocenters. The number of halogens is 3. The number of carbonyl (C=O) groups is 1. The van der Waals surface area contributed by atoms with Crippen molar-refractivity contribution in [2.75, 3.05) is 26.3 Å². The first-order chi connectivity index (χ1) is 11.1. The van der Waals surface area contributed by atoms with Crippen molar-refractivity contribution >= 4 is 41.4 Å². The molecule has 1 aromatic carbocycles. The summed E-state index contributed by atoms with van der Waals surface area (Å²) in [5, 5.41) is 1.06. The molecule has 0 aliphatic carbocycles. The van der Waals surface area contributed by atoms with Gasteiger partial charge in [0.2, 0.25) is 0 Å². The Morgan fingerprint density at radius 3 is 2.50 bits per heavy atom. The first kappa shape index (κ1) is 20.0. The van der Waals surface area contributed by atoms with Gasteiger partial charge in [-0.2, -0.15) is 0 Å². The zero-order valence-corrected chi connectivity index (χ0v) is 16.2. The number of ketones is 1. The summed E-state index contributed by atoms with van der Waals surface area (Å²) >= 11 is 12.0. The van der Waals surface area contributed by atoms with Crippen molar-refractivity contribution in [3.05, 3.63) is 33.8 Å². The minimum Gasteiger partial charge on any atom is -0.298 e. The van der Waals surface area contributed by atoms with Crippen LogP contribution in [0.15, 0.2) is 18.2 Å².